The standard InChI is InChI=1S/C26H20N2O7S/c1-33-24(30)16-11-12-18(25(31)34-2)20(13-16)28-23(29)15-35-26(32)19-8-4-6-10-22(19)36-21-9-5-3-7-17(21)14-27/h3-13H,15H2,1-2H3,(H,28,29). The fourth-order valence-corrected chi connectivity index (χ4v) is 4.08. The van der Waals surface area contributed by atoms with Gasteiger partial charge in [0.05, 0.1) is 42.2 Å². The Bertz CT molecular complexity index is 1360. The molecule has 9 nitrogen and oxygen atoms in total. The van der Waals surface area contributed by atoms with E-state index in [0.29, 0.717) is 15.4 Å². The molecule has 1 N–H and O–H groups in total. The Kier molecular flexibility index (Phi) is 8.80. The van der Waals surface area contributed by atoms with E-state index in [1.165, 1.54) is 44.2 Å². The minimum absolute atomic E-state index is 0.00253. The van der Waals surface area contributed by atoms with Gasteiger partial charge < -0.3 is 19.5 Å². The number of carbonyl (C=O) groups is 4. The summed E-state index contributed by atoms with van der Waals surface area (Å²) >= 11 is 1.23. The van der Waals surface area contributed by atoms with Crippen LogP contribution in [0.4, 0.5) is 5.69 Å². The van der Waals surface area contributed by atoms with E-state index in [1.54, 1.807) is 48.5 Å². The molecule has 0 atom stereocenters. The number of ether oxygens (including phenoxy) is 3. The van der Waals surface area contributed by atoms with Gasteiger partial charge in [0, 0.05) is 9.79 Å². The maximum atomic E-state index is 12.8. The molecule has 10 heteroatoms. The molecule has 0 unspecified atom stereocenters. The van der Waals surface area contributed by atoms with E-state index >= 15 is 0 Å². The molecular formula is C26H20N2O7S. The Morgan fingerprint density at radius 3 is 2.19 bits per heavy atom. The number of benzene rings is 3. The Morgan fingerprint density at radius 1 is 0.833 bits per heavy atom. The summed E-state index contributed by atoms with van der Waals surface area (Å²) in [6.45, 7) is -0.657. The van der Waals surface area contributed by atoms with Crippen molar-refractivity contribution >= 4 is 41.3 Å². The summed E-state index contributed by atoms with van der Waals surface area (Å²) in [5.41, 5.74) is 0.769. The van der Waals surface area contributed by atoms with Crippen LogP contribution in [0.3, 0.4) is 0 Å². The number of hydrogen-bond donors (Lipinski definition) is 1. The lowest BCUT2D eigenvalue weighted by molar-refractivity contribution is -0.119. The number of rotatable bonds is 8. The van der Waals surface area contributed by atoms with Gasteiger partial charge in [-0.2, -0.15) is 5.26 Å². The zero-order valence-corrected chi connectivity index (χ0v) is 20.1. The zero-order valence-electron chi connectivity index (χ0n) is 19.3. The number of esters is 3. The number of nitrogens with one attached hydrogen (secondary N) is 1. The van der Waals surface area contributed by atoms with Gasteiger partial charge in [-0.05, 0) is 42.5 Å². The van der Waals surface area contributed by atoms with Crippen molar-refractivity contribution in [3.05, 3.63) is 89.0 Å². The lowest BCUT2D eigenvalue weighted by atomic mass is 10.1. The van der Waals surface area contributed by atoms with E-state index in [1.807, 2.05) is 0 Å². The molecule has 0 saturated carbocycles. The second kappa shape index (κ2) is 12.2. The SMILES string of the molecule is COC(=O)c1ccc(C(=O)OC)c(NC(=O)COC(=O)c2ccccc2Sc2ccccc2C#N)c1. The van der Waals surface area contributed by atoms with E-state index < -0.39 is 30.4 Å². The molecule has 0 bridgehead atoms. The number of nitriles is 1. The van der Waals surface area contributed by atoms with Crippen molar-refractivity contribution in [2.45, 2.75) is 9.79 Å². The van der Waals surface area contributed by atoms with Crippen LogP contribution in [0.15, 0.2) is 76.5 Å². The molecule has 0 fully saturated rings. The van der Waals surface area contributed by atoms with Crippen LogP contribution in [-0.4, -0.2) is 44.6 Å². The number of carbonyl (C=O) groups excluding carboxylic acids is 4. The smallest absolute Gasteiger partial charge is 0.339 e. The van der Waals surface area contributed by atoms with Gasteiger partial charge in [0.1, 0.15) is 6.07 Å². The molecule has 3 aromatic rings. The summed E-state index contributed by atoms with van der Waals surface area (Å²) in [7, 11) is 2.37. The maximum Gasteiger partial charge on any atom is 0.339 e. The monoisotopic (exact) mass is 504 g/mol. The lowest BCUT2D eigenvalue weighted by Crippen LogP contribution is -2.23. The topological polar surface area (TPSA) is 132 Å². The summed E-state index contributed by atoms with van der Waals surface area (Å²) in [4.78, 5) is 50.4. The first-order valence-corrected chi connectivity index (χ1v) is 11.2. The van der Waals surface area contributed by atoms with Gasteiger partial charge in [-0.1, -0.05) is 36.0 Å². The largest absolute Gasteiger partial charge is 0.465 e. The molecule has 0 radical (unpaired) electrons. The van der Waals surface area contributed by atoms with Crippen molar-refractivity contribution < 1.29 is 33.4 Å². The Labute approximate surface area is 211 Å². The van der Waals surface area contributed by atoms with Crippen LogP contribution in [0.2, 0.25) is 0 Å². The number of nitrogens with zero attached hydrogens (tertiary/aromatic N) is 1. The van der Waals surface area contributed by atoms with Crippen LogP contribution < -0.4 is 5.32 Å². The molecule has 0 aromatic heterocycles. The summed E-state index contributed by atoms with van der Waals surface area (Å²) < 4.78 is 14.6. The first kappa shape index (κ1) is 26.0. The predicted octanol–water partition coefficient (Wildman–Crippen LogP) is 4.08. The Balaban J connectivity index is 1.73. The van der Waals surface area contributed by atoms with E-state index in [-0.39, 0.29) is 22.4 Å². The molecule has 3 aromatic carbocycles. The maximum absolute atomic E-state index is 12.8. The number of amides is 1. The normalized spacial score (nSPS) is 10.0. The summed E-state index contributed by atoms with van der Waals surface area (Å²) in [5.74, 6) is -2.89. The van der Waals surface area contributed by atoms with Gasteiger partial charge >= 0.3 is 17.9 Å². The quantitative estimate of drug-likeness (QED) is 0.356. The summed E-state index contributed by atoms with van der Waals surface area (Å²) in [5, 5.41) is 11.8. The second-order valence-corrected chi connectivity index (χ2v) is 8.16. The number of methoxy groups -OCH3 is 2. The minimum atomic E-state index is -0.751. The number of anilines is 1. The van der Waals surface area contributed by atoms with Gasteiger partial charge in [-0.25, -0.2) is 14.4 Å². The van der Waals surface area contributed by atoms with Gasteiger partial charge in [0.2, 0.25) is 0 Å². The van der Waals surface area contributed by atoms with Crippen molar-refractivity contribution in [1.82, 2.24) is 0 Å². The molecule has 0 spiro atoms. The molecule has 0 aliphatic rings. The van der Waals surface area contributed by atoms with Gasteiger partial charge in [-0.15, -0.1) is 0 Å². The van der Waals surface area contributed by atoms with Crippen LogP contribution in [0.5, 0.6) is 0 Å². The van der Waals surface area contributed by atoms with E-state index in [9.17, 15) is 24.4 Å². The van der Waals surface area contributed by atoms with Crippen LogP contribution in [0.25, 0.3) is 0 Å². The molecule has 3 rings (SSSR count). The van der Waals surface area contributed by atoms with Crippen molar-refractivity contribution in [2.24, 2.45) is 0 Å². The average molecular weight is 505 g/mol. The third kappa shape index (κ3) is 6.28. The second-order valence-electron chi connectivity index (χ2n) is 7.07. The van der Waals surface area contributed by atoms with Crippen LogP contribution in [-0.2, 0) is 19.0 Å². The van der Waals surface area contributed by atoms with Crippen LogP contribution in [0.1, 0.15) is 36.6 Å². The molecule has 0 aliphatic heterocycles. The van der Waals surface area contributed by atoms with Crippen molar-refractivity contribution in [1.29, 1.82) is 5.26 Å². The molecule has 36 heavy (non-hydrogen) atoms. The lowest BCUT2D eigenvalue weighted by Gasteiger charge is -2.12. The van der Waals surface area contributed by atoms with E-state index in [2.05, 4.69) is 16.1 Å². The summed E-state index contributed by atoms with van der Waals surface area (Å²) in [6, 6.07) is 19.6. The van der Waals surface area contributed by atoms with Crippen molar-refractivity contribution in [3.8, 4) is 6.07 Å². The molecule has 0 saturated heterocycles. The fourth-order valence-electron chi connectivity index (χ4n) is 3.07. The third-order valence-electron chi connectivity index (χ3n) is 4.79. The number of hydrogen-bond acceptors (Lipinski definition) is 9. The summed E-state index contributed by atoms with van der Waals surface area (Å²) in [6.07, 6.45) is 0. The van der Waals surface area contributed by atoms with E-state index in [0.717, 1.165) is 0 Å². The molecule has 0 aliphatic carbocycles. The Hall–Kier alpha value is -4.62. The molecule has 0 heterocycles. The van der Waals surface area contributed by atoms with Crippen molar-refractivity contribution in [3.63, 3.8) is 0 Å². The first-order chi connectivity index (χ1) is 17.4. The average Bonchev–Trinajstić information content (AvgIpc) is 2.91. The van der Waals surface area contributed by atoms with Crippen LogP contribution in [0, 0.1) is 11.3 Å². The highest BCUT2D eigenvalue weighted by molar-refractivity contribution is 7.99. The molecular weight excluding hydrogens is 484 g/mol. The molecule has 1 amide bonds. The predicted molar refractivity (Wildman–Crippen MR) is 130 cm³/mol. The third-order valence-corrected chi connectivity index (χ3v) is 5.94. The van der Waals surface area contributed by atoms with Gasteiger partial charge in [0.15, 0.2) is 6.61 Å². The van der Waals surface area contributed by atoms with Gasteiger partial charge in [-0.3, -0.25) is 4.79 Å². The van der Waals surface area contributed by atoms with Crippen LogP contribution >= 0.6 is 11.8 Å². The fraction of sp³-hybridized carbons (Fsp3) is 0.115. The minimum Gasteiger partial charge on any atom is -0.465 e. The highest BCUT2D eigenvalue weighted by Gasteiger charge is 2.19. The highest BCUT2D eigenvalue weighted by atomic mass is 32.2. The zero-order chi connectivity index (χ0) is 26.1. The Morgan fingerprint density at radius 2 is 1.50 bits per heavy atom. The van der Waals surface area contributed by atoms with Crippen molar-refractivity contribution in [2.75, 3.05) is 26.1 Å². The molecule has 182 valence electrons. The first-order valence-electron chi connectivity index (χ1n) is 10.4. The van der Waals surface area contributed by atoms with Gasteiger partial charge in [0.25, 0.3) is 5.91 Å². The highest BCUT2D eigenvalue weighted by Crippen LogP contribution is 2.33. The van der Waals surface area contributed by atoms with E-state index in [4.69, 9.17) is 9.47 Å².